The number of benzene rings is 2. The first-order valence-corrected chi connectivity index (χ1v) is 8.38. The molecule has 0 amide bonds. The van der Waals surface area contributed by atoms with Crippen molar-refractivity contribution in [1.29, 1.82) is 0 Å². The number of carboxylic acids is 2. The molecule has 0 aliphatic carbocycles. The van der Waals surface area contributed by atoms with E-state index in [0.29, 0.717) is 5.56 Å². The Morgan fingerprint density at radius 3 is 2.33 bits per heavy atom. The van der Waals surface area contributed by atoms with Gasteiger partial charge < -0.3 is 25.7 Å². The Kier molecular flexibility index (Phi) is 5.50. The van der Waals surface area contributed by atoms with Gasteiger partial charge in [0.15, 0.2) is 11.6 Å². The molecule has 1 aromatic heterocycles. The number of nitrogens with two attached hydrogens (primary N) is 1. The number of H-pyrrole nitrogens is 1. The number of hydrogen-bond acceptors (Lipinski definition) is 5. The van der Waals surface area contributed by atoms with Gasteiger partial charge in [0.2, 0.25) is 0 Å². The first-order chi connectivity index (χ1) is 14.2. The lowest BCUT2D eigenvalue weighted by atomic mass is 9.95. The summed E-state index contributed by atoms with van der Waals surface area (Å²) in [7, 11) is 0. The van der Waals surface area contributed by atoms with Gasteiger partial charge in [0.1, 0.15) is 29.3 Å². The van der Waals surface area contributed by atoms with E-state index < -0.39 is 46.1 Å². The number of halogens is 2. The smallest absolute Gasteiger partial charge is 0.342 e. The van der Waals surface area contributed by atoms with E-state index in [1.54, 1.807) is 0 Å². The van der Waals surface area contributed by atoms with Gasteiger partial charge in [0.25, 0.3) is 5.56 Å². The number of aromatic carboxylic acids is 2. The van der Waals surface area contributed by atoms with Gasteiger partial charge in [0.05, 0.1) is 0 Å². The molecule has 10 heteroatoms. The number of hydrogen-bond donors (Lipinski definition) is 4. The lowest BCUT2D eigenvalue weighted by Crippen LogP contribution is -2.24. The summed E-state index contributed by atoms with van der Waals surface area (Å²) in [5.41, 5.74) is 3.18. The number of nitrogens with one attached hydrogen (secondary N) is 1. The molecule has 0 bridgehead atoms. The van der Waals surface area contributed by atoms with E-state index in [4.69, 9.17) is 10.5 Å². The van der Waals surface area contributed by atoms with Gasteiger partial charge in [-0.2, -0.15) is 0 Å². The zero-order valence-electron chi connectivity index (χ0n) is 15.1. The molecule has 1 heterocycles. The van der Waals surface area contributed by atoms with Crippen LogP contribution >= 0.6 is 0 Å². The third-order valence-corrected chi connectivity index (χ3v) is 4.18. The van der Waals surface area contributed by atoms with Crippen LogP contribution in [0.4, 0.5) is 14.6 Å². The van der Waals surface area contributed by atoms with Crippen LogP contribution in [0.25, 0.3) is 11.1 Å². The minimum Gasteiger partial charge on any atom is -0.489 e. The van der Waals surface area contributed by atoms with Crippen molar-refractivity contribution in [2.75, 3.05) is 5.73 Å². The summed E-state index contributed by atoms with van der Waals surface area (Å²) in [5.74, 6) is -5.54. The van der Waals surface area contributed by atoms with Gasteiger partial charge in [-0.3, -0.25) is 4.79 Å². The molecule has 5 N–H and O–H groups in total. The van der Waals surface area contributed by atoms with E-state index in [9.17, 15) is 33.4 Å². The molecule has 3 aromatic rings. The largest absolute Gasteiger partial charge is 0.489 e. The van der Waals surface area contributed by atoms with Crippen LogP contribution in [0.15, 0.2) is 47.3 Å². The van der Waals surface area contributed by atoms with Crippen molar-refractivity contribution < 1.29 is 33.3 Å². The van der Waals surface area contributed by atoms with Crippen molar-refractivity contribution in [3.8, 4) is 16.9 Å². The molecule has 0 aliphatic heterocycles. The number of carboxylic acid groups (broad SMARTS) is 2. The van der Waals surface area contributed by atoms with Crippen molar-refractivity contribution >= 4 is 17.8 Å². The zero-order chi connectivity index (χ0) is 22.0. The van der Waals surface area contributed by atoms with E-state index in [0.717, 1.165) is 12.1 Å². The first-order valence-electron chi connectivity index (χ1n) is 8.38. The Bertz CT molecular complexity index is 1220. The number of rotatable bonds is 6. The monoisotopic (exact) mass is 416 g/mol. The molecule has 30 heavy (non-hydrogen) atoms. The van der Waals surface area contributed by atoms with Crippen LogP contribution in [0.5, 0.6) is 5.75 Å². The van der Waals surface area contributed by atoms with E-state index in [1.165, 1.54) is 30.3 Å². The molecule has 0 atom stereocenters. The van der Waals surface area contributed by atoms with E-state index >= 15 is 0 Å². The van der Waals surface area contributed by atoms with Gasteiger partial charge in [-0.05, 0) is 35.4 Å². The van der Waals surface area contributed by atoms with Gasteiger partial charge in [-0.15, -0.1) is 0 Å². The standard InChI is InChI=1S/C20H14F2N2O6/c21-12-5-4-9(6-13(12)22)8-30-11-3-1-2-10(7-11)14-15(19(26)27)17(23)24-18(25)16(14)20(28)29/h1-7H,8H2,(H,26,27)(H,28,29)(H3,23,24,25). The second-order valence-electron chi connectivity index (χ2n) is 6.17. The van der Waals surface area contributed by atoms with Crippen LogP contribution in [0.3, 0.4) is 0 Å². The van der Waals surface area contributed by atoms with Crippen LogP contribution < -0.4 is 16.0 Å². The SMILES string of the molecule is Nc1[nH]c(=O)c(C(=O)O)c(-c2cccc(OCc3ccc(F)c(F)c3)c2)c1C(=O)O. The van der Waals surface area contributed by atoms with E-state index in [2.05, 4.69) is 0 Å². The number of carbonyl (C=O) groups is 2. The lowest BCUT2D eigenvalue weighted by molar-refractivity contribution is 0.0695. The van der Waals surface area contributed by atoms with Crippen LogP contribution in [0, 0.1) is 11.6 Å². The predicted octanol–water partition coefficient (Wildman–Crippen LogP) is 2.88. The third kappa shape index (κ3) is 3.97. The average Bonchev–Trinajstić information content (AvgIpc) is 2.67. The van der Waals surface area contributed by atoms with Gasteiger partial charge in [-0.1, -0.05) is 18.2 Å². The van der Waals surface area contributed by atoms with Crippen LogP contribution in [-0.2, 0) is 6.61 Å². The first kappa shape index (κ1) is 20.5. The van der Waals surface area contributed by atoms with Gasteiger partial charge >= 0.3 is 11.9 Å². The van der Waals surface area contributed by atoms with Gasteiger partial charge in [-0.25, -0.2) is 18.4 Å². The normalized spacial score (nSPS) is 10.6. The molecule has 154 valence electrons. The highest BCUT2D eigenvalue weighted by Gasteiger charge is 2.26. The number of nitrogen functional groups attached to an aromatic ring is 1. The minimum atomic E-state index is -1.64. The highest BCUT2D eigenvalue weighted by atomic mass is 19.2. The van der Waals surface area contributed by atoms with Crippen LogP contribution in [0.1, 0.15) is 26.3 Å². The van der Waals surface area contributed by atoms with E-state index in [1.807, 2.05) is 4.98 Å². The van der Waals surface area contributed by atoms with E-state index in [-0.39, 0.29) is 23.5 Å². The highest BCUT2D eigenvalue weighted by molar-refractivity contribution is 6.07. The quantitative estimate of drug-likeness (QED) is 0.484. The fourth-order valence-corrected chi connectivity index (χ4v) is 2.87. The van der Waals surface area contributed by atoms with Crippen molar-refractivity contribution in [3.63, 3.8) is 0 Å². The molecular weight excluding hydrogens is 402 g/mol. The Morgan fingerprint density at radius 1 is 1.00 bits per heavy atom. The van der Waals surface area contributed by atoms with Crippen LogP contribution in [-0.4, -0.2) is 27.1 Å². The Labute approximate surface area is 167 Å². The maximum atomic E-state index is 13.3. The number of pyridine rings is 1. The lowest BCUT2D eigenvalue weighted by Gasteiger charge is -2.13. The predicted molar refractivity (Wildman–Crippen MR) is 102 cm³/mol. The molecule has 0 unspecified atom stereocenters. The molecule has 0 saturated carbocycles. The summed E-state index contributed by atoms with van der Waals surface area (Å²) >= 11 is 0. The Balaban J connectivity index is 2.05. The summed E-state index contributed by atoms with van der Waals surface area (Å²) < 4.78 is 31.9. The molecular formula is C20H14F2N2O6. The topological polar surface area (TPSA) is 143 Å². The van der Waals surface area contributed by atoms with Crippen LogP contribution in [0.2, 0.25) is 0 Å². The molecule has 3 rings (SSSR count). The molecule has 0 saturated heterocycles. The maximum absolute atomic E-state index is 13.3. The fourth-order valence-electron chi connectivity index (χ4n) is 2.87. The summed E-state index contributed by atoms with van der Waals surface area (Å²) in [5, 5.41) is 18.9. The minimum absolute atomic E-state index is 0.0605. The fraction of sp³-hybridized carbons (Fsp3) is 0.0500. The molecule has 0 aliphatic rings. The third-order valence-electron chi connectivity index (χ3n) is 4.18. The molecule has 0 fully saturated rings. The summed E-state index contributed by atoms with van der Waals surface area (Å²) in [6, 6.07) is 8.87. The maximum Gasteiger partial charge on any atom is 0.342 e. The Hall–Kier alpha value is -4.21. The zero-order valence-corrected chi connectivity index (χ0v) is 15.1. The number of aromatic amines is 1. The average molecular weight is 416 g/mol. The molecule has 2 aromatic carbocycles. The number of aromatic nitrogens is 1. The summed E-state index contributed by atoms with van der Waals surface area (Å²) in [4.78, 5) is 37.4. The second-order valence-corrected chi connectivity index (χ2v) is 6.17. The van der Waals surface area contributed by atoms with Crippen molar-refractivity contribution in [2.45, 2.75) is 6.61 Å². The van der Waals surface area contributed by atoms with Crippen molar-refractivity contribution in [2.24, 2.45) is 0 Å². The number of ether oxygens (including phenoxy) is 1. The summed E-state index contributed by atoms with van der Waals surface area (Å²) in [6.07, 6.45) is 0. The molecule has 8 nitrogen and oxygen atoms in total. The van der Waals surface area contributed by atoms with Crippen molar-refractivity contribution in [3.05, 3.63) is 81.1 Å². The highest BCUT2D eigenvalue weighted by Crippen LogP contribution is 2.31. The molecule has 0 spiro atoms. The second kappa shape index (κ2) is 8.03. The summed E-state index contributed by atoms with van der Waals surface area (Å²) in [6.45, 7) is -0.143. The van der Waals surface area contributed by atoms with Crippen molar-refractivity contribution in [1.82, 2.24) is 4.98 Å². The number of anilines is 1. The van der Waals surface area contributed by atoms with Gasteiger partial charge in [0, 0.05) is 5.56 Å². The Morgan fingerprint density at radius 2 is 1.70 bits per heavy atom. The molecule has 0 radical (unpaired) electrons.